The van der Waals surface area contributed by atoms with Crippen LogP contribution in [0.1, 0.15) is 26.2 Å². The molecule has 3 heteroatoms. The molecule has 1 rings (SSSR count). The Morgan fingerprint density at radius 1 is 1.40 bits per heavy atom. The first-order valence-corrected chi connectivity index (χ1v) is 5.35. The monoisotopic (exact) mass is 206 g/mol. The lowest BCUT2D eigenvalue weighted by Gasteiger charge is -2.16. The van der Waals surface area contributed by atoms with E-state index in [0.29, 0.717) is 0 Å². The van der Waals surface area contributed by atoms with Crippen molar-refractivity contribution in [2.24, 2.45) is 5.73 Å². The van der Waals surface area contributed by atoms with Gasteiger partial charge in [-0.15, -0.1) is 0 Å². The summed E-state index contributed by atoms with van der Waals surface area (Å²) in [7, 11) is 0. The molecule has 0 fully saturated rings. The van der Waals surface area contributed by atoms with Gasteiger partial charge in [-0.05, 0) is 18.6 Å². The van der Waals surface area contributed by atoms with Crippen LogP contribution in [0.4, 0.5) is 5.69 Å². The molecule has 3 N–H and O–H groups in total. The highest BCUT2D eigenvalue weighted by molar-refractivity contribution is 5.82. The number of amides is 1. The topological polar surface area (TPSA) is 55.1 Å². The molecule has 82 valence electrons. The second kappa shape index (κ2) is 6.06. The highest BCUT2D eigenvalue weighted by Gasteiger charge is 2.13. The standard InChI is InChI=1S/C12H18N2O/c1-2-3-9-11(12(13)15)14-10-7-5-4-6-8-10/h4-8,11,14H,2-3,9H2,1H3,(H2,13,15). The van der Waals surface area contributed by atoms with Gasteiger partial charge in [-0.3, -0.25) is 4.79 Å². The smallest absolute Gasteiger partial charge is 0.239 e. The molecule has 1 unspecified atom stereocenters. The number of carbonyl (C=O) groups is 1. The number of unbranched alkanes of at least 4 members (excludes halogenated alkanes) is 1. The van der Waals surface area contributed by atoms with Gasteiger partial charge in [0, 0.05) is 5.69 Å². The van der Waals surface area contributed by atoms with Gasteiger partial charge in [0.25, 0.3) is 0 Å². The highest BCUT2D eigenvalue weighted by atomic mass is 16.1. The van der Waals surface area contributed by atoms with E-state index >= 15 is 0 Å². The Balaban J connectivity index is 2.55. The molecule has 0 saturated carbocycles. The van der Waals surface area contributed by atoms with E-state index < -0.39 is 0 Å². The summed E-state index contributed by atoms with van der Waals surface area (Å²) in [5, 5.41) is 3.14. The van der Waals surface area contributed by atoms with E-state index in [1.807, 2.05) is 30.3 Å². The van der Waals surface area contributed by atoms with Crippen molar-refractivity contribution in [3.05, 3.63) is 30.3 Å². The van der Waals surface area contributed by atoms with E-state index in [9.17, 15) is 4.79 Å². The molecule has 0 bridgehead atoms. The van der Waals surface area contributed by atoms with Crippen molar-refractivity contribution >= 4 is 11.6 Å². The molecule has 0 aliphatic carbocycles. The van der Waals surface area contributed by atoms with Gasteiger partial charge in [0.05, 0.1) is 0 Å². The maximum absolute atomic E-state index is 11.2. The molecular formula is C12H18N2O. The van der Waals surface area contributed by atoms with Crippen LogP contribution in [0.15, 0.2) is 30.3 Å². The molecular weight excluding hydrogens is 188 g/mol. The van der Waals surface area contributed by atoms with Gasteiger partial charge in [-0.2, -0.15) is 0 Å². The fraction of sp³-hybridized carbons (Fsp3) is 0.417. The molecule has 0 aromatic heterocycles. The SMILES string of the molecule is CCCCC(Nc1ccccc1)C(N)=O. The average molecular weight is 206 g/mol. The van der Waals surface area contributed by atoms with Crippen molar-refractivity contribution in [2.45, 2.75) is 32.2 Å². The minimum absolute atomic E-state index is 0.257. The number of benzene rings is 1. The van der Waals surface area contributed by atoms with E-state index in [1.54, 1.807) is 0 Å². The first-order chi connectivity index (χ1) is 7.24. The van der Waals surface area contributed by atoms with Crippen LogP contribution in [-0.2, 0) is 4.79 Å². The lowest BCUT2D eigenvalue weighted by atomic mass is 10.1. The normalized spacial score (nSPS) is 12.1. The quantitative estimate of drug-likeness (QED) is 0.749. The van der Waals surface area contributed by atoms with Gasteiger partial charge in [-0.25, -0.2) is 0 Å². The predicted molar refractivity (Wildman–Crippen MR) is 62.6 cm³/mol. The van der Waals surface area contributed by atoms with Gasteiger partial charge in [0.2, 0.25) is 5.91 Å². The lowest BCUT2D eigenvalue weighted by Crippen LogP contribution is -2.35. The van der Waals surface area contributed by atoms with Crippen LogP contribution >= 0.6 is 0 Å². The zero-order valence-electron chi connectivity index (χ0n) is 9.07. The Morgan fingerprint density at radius 2 is 2.07 bits per heavy atom. The van der Waals surface area contributed by atoms with Crippen molar-refractivity contribution in [1.82, 2.24) is 0 Å². The van der Waals surface area contributed by atoms with Crippen molar-refractivity contribution in [3.63, 3.8) is 0 Å². The van der Waals surface area contributed by atoms with Crippen molar-refractivity contribution < 1.29 is 4.79 Å². The summed E-state index contributed by atoms with van der Waals surface area (Å²) in [6.45, 7) is 2.10. The third-order valence-corrected chi connectivity index (χ3v) is 2.30. The number of rotatable bonds is 6. The molecule has 0 heterocycles. The van der Waals surface area contributed by atoms with E-state index in [-0.39, 0.29) is 11.9 Å². The zero-order valence-corrected chi connectivity index (χ0v) is 9.07. The second-order valence-electron chi connectivity index (χ2n) is 3.61. The van der Waals surface area contributed by atoms with Crippen LogP contribution < -0.4 is 11.1 Å². The molecule has 1 atom stereocenters. The third-order valence-electron chi connectivity index (χ3n) is 2.30. The van der Waals surface area contributed by atoms with Crippen LogP contribution in [0, 0.1) is 0 Å². The minimum atomic E-state index is -0.285. The molecule has 0 radical (unpaired) electrons. The van der Waals surface area contributed by atoms with Gasteiger partial charge in [-0.1, -0.05) is 38.0 Å². The number of para-hydroxylation sites is 1. The fourth-order valence-electron chi connectivity index (χ4n) is 1.43. The Labute approximate surface area is 90.7 Å². The van der Waals surface area contributed by atoms with Crippen LogP contribution in [0.5, 0.6) is 0 Å². The van der Waals surface area contributed by atoms with Crippen LogP contribution in [0.2, 0.25) is 0 Å². The summed E-state index contributed by atoms with van der Waals surface area (Å²) in [6, 6.07) is 9.41. The van der Waals surface area contributed by atoms with Crippen LogP contribution in [0.25, 0.3) is 0 Å². The van der Waals surface area contributed by atoms with Crippen LogP contribution in [0.3, 0.4) is 0 Å². The Kier molecular flexibility index (Phi) is 4.68. The molecule has 0 spiro atoms. The lowest BCUT2D eigenvalue weighted by molar-refractivity contribution is -0.118. The molecule has 0 aliphatic heterocycles. The third kappa shape index (κ3) is 4.02. The Hall–Kier alpha value is -1.51. The Bertz CT molecular complexity index is 298. The zero-order chi connectivity index (χ0) is 11.1. The van der Waals surface area contributed by atoms with Gasteiger partial charge < -0.3 is 11.1 Å². The maximum atomic E-state index is 11.2. The molecule has 15 heavy (non-hydrogen) atoms. The first kappa shape index (κ1) is 11.6. The molecule has 1 aromatic rings. The molecule has 1 amide bonds. The van der Waals surface area contributed by atoms with E-state index in [2.05, 4.69) is 12.2 Å². The second-order valence-corrected chi connectivity index (χ2v) is 3.61. The summed E-state index contributed by atoms with van der Waals surface area (Å²) in [4.78, 5) is 11.2. The first-order valence-electron chi connectivity index (χ1n) is 5.35. The Morgan fingerprint density at radius 3 is 2.60 bits per heavy atom. The summed E-state index contributed by atoms with van der Waals surface area (Å²) >= 11 is 0. The van der Waals surface area contributed by atoms with Gasteiger partial charge in [0.15, 0.2) is 0 Å². The van der Waals surface area contributed by atoms with E-state index in [1.165, 1.54) is 0 Å². The minimum Gasteiger partial charge on any atom is -0.374 e. The van der Waals surface area contributed by atoms with Crippen molar-refractivity contribution in [3.8, 4) is 0 Å². The molecule has 0 aliphatic rings. The summed E-state index contributed by atoms with van der Waals surface area (Å²) in [6.07, 6.45) is 2.87. The fourth-order valence-corrected chi connectivity index (χ4v) is 1.43. The highest BCUT2D eigenvalue weighted by Crippen LogP contribution is 2.10. The molecule has 3 nitrogen and oxygen atoms in total. The number of carbonyl (C=O) groups excluding carboxylic acids is 1. The predicted octanol–water partition coefficient (Wildman–Crippen LogP) is 2.14. The van der Waals surface area contributed by atoms with Crippen LogP contribution in [-0.4, -0.2) is 11.9 Å². The molecule has 1 aromatic carbocycles. The van der Waals surface area contributed by atoms with Gasteiger partial charge in [0.1, 0.15) is 6.04 Å². The number of hydrogen-bond donors (Lipinski definition) is 2. The number of nitrogens with two attached hydrogens (primary N) is 1. The summed E-state index contributed by atoms with van der Waals surface area (Å²) in [5.74, 6) is -0.285. The average Bonchev–Trinajstić information content (AvgIpc) is 2.25. The largest absolute Gasteiger partial charge is 0.374 e. The van der Waals surface area contributed by atoms with Crippen molar-refractivity contribution in [1.29, 1.82) is 0 Å². The van der Waals surface area contributed by atoms with Gasteiger partial charge >= 0.3 is 0 Å². The summed E-state index contributed by atoms with van der Waals surface area (Å²) < 4.78 is 0. The summed E-state index contributed by atoms with van der Waals surface area (Å²) in [5.41, 5.74) is 6.27. The van der Waals surface area contributed by atoms with Crippen molar-refractivity contribution in [2.75, 3.05) is 5.32 Å². The number of anilines is 1. The number of nitrogens with one attached hydrogen (secondary N) is 1. The maximum Gasteiger partial charge on any atom is 0.239 e. The number of hydrogen-bond acceptors (Lipinski definition) is 2. The van der Waals surface area contributed by atoms with E-state index in [0.717, 1.165) is 24.9 Å². The van der Waals surface area contributed by atoms with E-state index in [4.69, 9.17) is 5.73 Å². The molecule has 0 saturated heterocycles. The number of primary amides is 1.